The van der Waals surface area contributed by atoms with Gasteiger partial charge < -0.3 is 10.2 Å². The molecule has 1 unspecified atom stereocenters. The van der Waals surface area contributed by atoms with Crippen LogP contribution in [0.1, 0.15) is 5.56 Å². The van der Waals surface area contributed by atoms with Gasteiger partial charge in [-0.25, -0.2) is 0 Å². The van der Waals surface area contributed by atoms with Crippen LogP contribution in [0.3, 0.4) is 0 Å². The molecular formula is C16H15Cl4N2O+. The van der Waals surface area contributed by atoms with Crippen LogP contribution >= 0.6 is 46.4 Å². The average molecular weight is 393 g/mol. The topological polar surface area (TPSA) is 33.5 Å². The minimum absolute atomic E-state index is 0.162. The molecule has 0 radical (unpaired) electrons. The number of carbonyl (C=O) groups is 1. The van der Waals surface area contributed by atoms with Gasteiger partial charge in [-0.15, -0.1) is 0 Å². The zero-order valence-electron chi connectivity index (χ0n) is 12.3. The Labute approximate surface area is 155 Å². The number of carbonyl (C=O) groups excluding carboxylic acids is 1. The zero-order valence-corrected chi connectivity index (χ0v) is 15.3. The number of anilines is 1. The number of amides is 1. The number of hydrogen-bond donors (Lipinski definition) is 2. The molecule has 0 heterocycles. The number of quaternary nitrogens is 1. The van der Waals surface area contributed by atoms with E-state index in [0.29, 0.717) is 32.3 Å². The first-order valence-corrected chi connectivity index (χ1v) is 8.37. The molecule has 0 aliphatic heterocycles. The third-order valence-corrected chi connectivity index (χ3v) is 4.61. The average Bonchev–Trinajstić information content (AvgIpc) is 2.47. The fourth-order valence-electron chi connectivity index (χ4n) is 2.13. The largest absolute Gasteiger partial charge is 0.326 e. The number of nitrogens with one attached hydrogen (secondary N) is 2. The summed E-state index contributed by atoms with van der Waals surface area (Å²) >= 11 is 24.1. The van der Waals surface area contributed by atoms with Gasteiger partial charge in [0.1, 0.15) is 6.54 Å². The van der Waals surface area contributed by atoms with E-state index in [1.807, 2.05) is 19.2 Å². The minimum Gasteiger partial charge on any atom is -0.326 e. The van der Waals surface area contributed by atoms with E-state index in [0.717, 1.165) is 10.5 Å². The summed E-state index contributed by atoms with van der Waals surface area (Å²) in [5.74, 6) is -0.162. The van der Waals surface area contributed by atoms with E-state index in [1.165, 1.54) is 0 Å². The number of benzene rings is 2. The van der Waals surface area contributed by atoms with Crippen molar-refractivity contribution in [2.45, 2.75) is 6.54 Å². The Bertz CT molecular complexity index is 721. The zero-order chi connectivity index (χ0) is 17.0. The number of likely N-dealkylation sites (N-methyl/N-ethyl adjacent to an activating group) is 1. The molecule has 0 aromatic heterocycles. The summed E-state index contributed by atoms with van der Waals surface area (Å²) in [7, 11) is 1.90. The third-order valence-electron chi connectivity index (χ3n) is 3.19. The summed E-state index contributed by atoms with van der Waals surface area (Å²) in [6.07, 6.45) is 0. The van der Waals surface area contributed by atoms with Gasteiger partial charge in [0.25, 0.3) is 5.91 Å². The second-order valence-electron chi connectivity index (χ2n) is 5.20. The van der Waals surface area contributed by atoms with Crippen molar-refractivity contribution in [1.82, 2.24) is 0 Å². The van der Waals surface area contributed by atoms with Crippen molar-refractivity contribution in [3.05, 3.63) is 62.1 Å². The lowest BCUT2D eigenvalue weighted by atomic mass is 10.2. The summed E-state index contributed by atoms with van der Waals surface area (Å²) in [5, 5.41) is 4.74. The van der Waals surface area contributed by atoms with Gasteiger partial charge in [0, 0.05) is 10.6 Å². The van der Waals surface area contributed by atoms with E-state index >= 15 is 0 Å². The number of hydrogen-bond acceptors (Lipinski definition) is 1. The fourth-order valence-corrected chi connectivity index (χ4v) is 2.86. The van der Waals surface area contributed by atoms with Gasteiger partial charge >= 0.3 is 0 Å². The molecule has 1 atom stereocenters. The molecule has 2 aromatic carbocycles. The van der Waals surface area contributed by atoms with Crippen molar-refractivity contribution in [3.8, 4) is 0 Å². The monoisotopic (exact) mass is 391 g/mol. The lowest BCUT2D eigenvalue weighted by Crippen LogP contribution is -3.08. The highest BCUT2D eigenvalue weighted by atomic mass is 35.5. The Morgan fingerprint density at radius 2 is 1.83 bits per heavy atom. The molecule has 0 bridgehead atoms. The molecule has 122 valence electrons. The molecule has 2 N–H and O–H groups in total. The van der Waals surface area contributed by atoms with E-state index in [1.54, 1.807) is 24.3 Å². The molecule has 2 rings (SSSR count). The van der Waals surface area contributed by atoms with Crippen molar-refractivity contribution in [2.75, 3.05) is 18.9 Å². The highest BCUT2D eigenvalue weighted by Crippen LogP contribution is 2.26. The lowest BCUT2D eigenvalue weighted by Gasteiger charge is -2.15. The molecule has 0 saturated heterocycles. The number of halogens is 4. The summed E-state index contributed by atoms with van der Waals surface area (Å²) in [4.78, 5) is 13.1. The van der Waals surface area contributed by atoms with Gasteiger partial charge in [0.2, 0.25) is 0 Å². The van der Waals surface area contributed by atoms with Crippen molar-refractivity contribution in [3.63, 3.8) is 0 Å². The maximum atomic E-state index is 12.1. The van der Waals surface area contributed by atoms with Gasteiger partial charge in [-0.1, -0.05) is 58.5 Å². The van der Waals surface area contributed by atoms with Gasteiger partial charge in [0.05, 0.1) is 27.8 Å². The minimum atomic E-state index is -0.162. The third kappa shape index (κ3) is 5.27. The molecule has 23 heavy (non-hydrogen) atoms. The molecule has 0 spiro atoms. The van der Waals surface area contributed by atoms with E-state index in [9.17, 15) is 4.79 Å². The second kappa shape index (κ2) is 8.22. The standard InChI is InChI=1S/C16H14Cl4N2O/c1-22(8-10-3-2-4-13(19)16(10)20)9-15(23)21-14-7-11(17)5-6-12(14)18/h2-7H,8-9H2,1H3,(H,21,23)/p+1. The van der Waals surface area contributed by atoms with E-state index in [2.05, 4.69) is 5.32 Å². The molecule has 0 aliphatic carbocycles. The number of rotatable bonds is 5. The van der Waals surface area contributed by atoms with Crippen molar-refractivity contribution >= 4 is 58.0 Å². The van der Waals surface area contributed by atoms with E-state index in [-0.39, 0.29) is 12.5 Å². The van der Waals surface area contributed by atoms with Crippen LogP contribution in [0, 0.1) is 0 Å². The molecule has 0 fully saturated rings. The summed E-state index contributed by atoms with van der Waals surface area (Å²) in [6, 6.07) is 10.4. The van der Waals surface area contributed by atoms with Crippen LogP contribution < -0.4 is 10.2 Å². The predicted molar refractivity (Wildman–Crippen MR) is 97.0 cm³/mol. The van der Waals surface area contributed by atoms with Crippen LogP contribution in [0.15, 0.2) is 36.4 Å². The first-order chi connectivity index (χ1) is 10.9. The fraction of sp³-hybridized carbons (Fsp3) is 0.188. The highest BCUT2D eigenvalue weighted by Gasteiger charge is 2.14. The van der Waals surface area contributed by atoms with Crippen LogP contribution in [-0.2, 0) is 11.3 Å². The van der Waals surface area contributed by atoms with Gasteiger partial charge in [0.15, 0.2) is 6.54 Å². The quantitative estimate of drug-likeness (QED) is 0.793. The van der Waals surface area contributed by atoms with Crippen LogP contribution in [0.25, 0.3) is 0 Å². The van der Waals surface area contributed by atoms with Crippen LogP contribution in [-0.4, -0.2) is 19.5 Å². The summed E-state index contributed by atoms with van der Waals surface area (Å²) in [6.45, 7) is 0.835. The molecule has 2 aromatic rings. The van der Waals surface area contributed by atoms with Crippen LogP contribution in [0.4, 0.5) is 5.69 Å². The van der Waals surface area contributed by atoms with Gasteiger partial charge in [-0.2, -0.15) is 0 Å². The first-order valence-electron chi connectivity index (χ1n) is 6.86. The van der Waals surface area contributed by atoms with Crippen LogP contribution in [0.5, 0.6) is 0 Å². The van der Waals surface area contributed by atoms with Crippen molar-refractivity contribution in [2.24, 2.45) is 0 Å². The van der Waals surface area contributed by atoms with Crippen molar-refractivity contribution < 1.29 is 9.69 Å². The Hall–Kier alpha value is -0.970. The SMILES string of the molecule is C[NH+](CC(=O)Nc1cc(Cl)ccc1Cl)Cc1cccc(Cl)c1Cl. The van der Waals surface area contributed by atoms with E-state index < -0.39 is 0 Å². The van der Waals surface area contributed by atoms with Crippen molar-refractivity contribution in [1.29, 1.82) is 0 Å². The Morgan fingerprint density at radius 3 is 2.57 bits per heavy atom. The summed E-state index contributed by atoms with van der Waals surface area (Å²) < 4.78 is 0. The molecule has 0 aliphatic rings. The predicted octanol–water partition coefficient (Wildman–Crippen LogP) is 3.95. The maximum Gasteiger partial charge on any atom is 0.279 e. The maximum absolute atomic E-state index is 12.1. The molecular weight excluding hydrogens is 378 g/mol. The Balaban J connectivity index is 1.97. The molecule has 7 heteroatoms. The van der Waals surface area contributed by atoms with Crippen LogP contribution in [0.2, 0.25) is 20.1 Å². The smallest absolute Gasteiger partial charge is 0.279 e. The normalized spacial score (nSPS) is 12.0. The van der Waals surface area contributed by atoms with E-state index in [4.69, 9.17) is 46.4 Å². The molecule has 0 saturated carbocycles. The van der Waals surface area contributed by atoms with Gasteiger partial charge in [-0.3, -0.25) is 4.79 Å². The first kappa shape index (κ1) is 18.4. The highest BCUT2D eigenvalue weighted by molar-refractivity contribution is 6.42. The Kier molecular flexibility index (Phi) is 6.57. The molecule has 1 amide bonds. The summed E-state index contributed by atoms with van der Waals surface area (Å²) in [5.41, 5.74) is 1.39. The molecule has 3 nitrogen and oxygen atoms in total. The second-order valence-corrected chi connectivity index (χ2v) is 6.82. The lowest BCUT2D eigenvalue weighted by molar-refractivity contribution is -0.885. The van der Waals surface area contributed by atoms with Gasteiger partial charge in [-0.05, 0) is 24.3 Å². The Morgan fingerprint density at radius 1 is 1.09 bits per heavy atom.